The van der Waals surface area contributed by atoms with Gasteiger partial charge in [-0.15, -0.1) is 10.2 Å². The molecule has 8 nitrogen and oxygen atoms in total. The first-order chi connectivity index (χ1) is 12.3. The molecule has 0 aliphatic carbocycles. The van der Waals surface area contributed by atoms with E-state index in [4.69, 9.17) is 9.47 Å². The first-order valence-electron chi connectivity index (χ1n) is 8.72. The Morgan fingerprint density at radius 1 is 1.16 bits per heavy atom. The molecule has 2 heterocycles. The number of nitrogens with zero attached hydrogens (tertiary/aromatic N) is 4. The fourth-order valence-electron chi connectivity index (χ4n) is 2.27. The van der Waals surface area contributed by atoms with Gasteiger partial charge in [-0.1, -0.05) is 6.07 Å². The Morgan fingerprint density at radius 2 is 2.08 bits per heavy atom. The Labute approximate surface area is 148 Å². The number of pyridine rings is 1. The van der Waals surface area contributed by atoms with Gasteiger partial charge in [-0.25, -0.2) is 4.99 Å². The molecule has 2 aromatic rings. The number of fused-ring (bicyclic) bond motifs is 1. The van der Waals surface area contributed by atoms with Crippen molar-refractivity contribution in [3.63, 3.8) is 0 Å². The molecule has 0 radical (unpaired) electrons. The fraction of sp³-hybridized carbons (Fsp3) is 0.588. The van der Waals surface area contributed by atoms with Gasteiger partial charge in [0.25, 0.3) is 0 Å². The zero-order valence-corrected chi connectivity index (χ0v) is 15.1. The molecule has 0 saturated carbocycles. The average molecular weight is 348 g/mol. The number of aromatic nitrogens is 3. The summed E-state index contributed by atoms with van der Waals surface area (Å²) in [7, 11) is 1.68. The molecule has 138 valence electrons. The van der Waals surface area contributed by atoms with Gasteiger partial charge in [0.05, 0.1) is 13.2 Å². The summed E-state index contributed by atoms with van der Waals surface area (Å²) in [6.45, 7) is 6.23. The smallest absolute Gasteiger partial charge is 0.191 e. The number of aliphatic imine (C=N–C) groups is 1. The van der Waals surface area contributed by atoms with Crippen LogP contribution in [0.5, 0.6) is 0 Å². The Bertz CT molecular complexity index is 643. The number of methoxy groups -OCH3 is 1. The third-order valence-corrected chi connectivity index (χ3v) is 3.55. The fourth-order valence-corrected chi connectivity index (χ4v) is 2.27. The Morgan fingerprint density at radius 3 is 2.92 bits per heavy atom. The molecular formula is C17H28N6O2. The van der Waals surface area contributed by atoms with E-state index in [1.165, 1.54) is 0 Å². The second kappa shape index (κ2) is 11.4. The van der Waals surface area contributed by atoms with Crippen LogP contribution in [0.2, 0.25) is 0 Å². The van der Waals surface area contributed by atoms with Crippen molar-refractivity contribution in [3.05, 3.63) is 30.2 Å². The van der Waals surface area contributed by atoms with Crippen molar-refractivity contribution in [2.75, 3.05) is 40.0 Å². The summed E-state index contributed by atoms with van der Waals surface area (Å²) in [5.41, 5.74) is 0.833. The molecule has 2 rings (SSSR count). The maximum absolute atomic E-state index is 5.45. The van der Waals surface area contributed by atoms with Crippen LogP contribution >= 0.6 is 0 Å². The molecule has 0 fully saturated rings. The standard InChI is InChI=1S/C17H28N6O2/c1-3-18-17(19-9-5-7-11-25-13-12-24-2)20-14-16-22-21-15-8-4-6-10-23(15)16/h4,6,8,10H,3,5,7,9,11-14H2,1-2H3,(H2,18,19,20). The maximum Gasteiger partial charge on any atom is 0.191 e. The van der Waals surface area contributed by atoms with E-state index in [2.05, 4.69) is 25.8 Å². The molecule has 0 bridgehead atoms. The van der Waals surface area contributed by atoms with Gasteiger partial charge in [0.2, 0.25) is 0 Å². The molecule has 0 aliphatic heterocycles. The summed E-state index contributed by atoms with van der Waals surface area (Å²) < 4.78 is 12.3. The van der Waals surface area contributed by atoms with Gasteiger partial charge in [-0.2, -0.15) is 0 Å². The second-order valence-corrected chi connectivity index (χ2v) is 5.48. The number of nitrogens with one attached hydrogen (secondary N) is 2. The zero-order chi connectivity index (χ0) is 17.7. The van der Waals surface area contributed by atoms with Crippen LogP contribution < -0.4 is 10.6 Å². The Balaban J connectivity index is 1.74. The number of guanidine groups is 1. The summed E-state index contributed by atoms with van der Waals surface area (Å²) in [4.78, 5) is 4.59. The molecule has 2 aromatic heterocycles. The third-order valence-electron chi connectivity index (χ3n) is 3.55. The monoisotopic (exact) mass is 348 g/mol. The molecule has 0 unspecified atom stereocenters. The molecule has 0 amide bonds. The summed E-state index contributed by atoms with van der Waals surface area (Å²) in [5.74, 6) is 1.61. The molecule has 25 heavy (non-hydrogen) atoms. The SMILES string of the molecule is CCNC(=NCc1nnc2ccccn12)NCCCCOCCOC. The quantitative estimate of drug-likeness (QED) is 0.361. The lowest BCUT2D eigenvalue weighted by atomic mass is 10.3. The third kappa shape index (κ3) is 6.67. The van der Waals surface area contributed by atoms with E-state index in [9.17, 15) is 0 Å². The van der Waals surface area contributed by atoms with Crippen LogP contribution in [-0.4, -0.2) is 60.6 Å². The van der Waals surface area contributed by atoms with Crippen molar-refractivity contribution in [2.45, 2.75) is 26.3 Å². The van der Waals surface area contributed by atoms with Crippen molar-refractivity contribution >= 4 is 11.6 Å². The minimum absolute atomic E-state index is 0.473. The molecule has 0 spiro atoms. The van der Waals surface area contributed by atoms with Gasteiger partial charge in [0, 0.05) is 33.0 Å². The summed E-state index contributed by atoms with van der Waals surface area (Å²) in [5, 5.41) is 14.9. The number of ether oxygens (including phenoxy) is 2. The number of rotatable bonds is 11. The molecule has 2 N–H and O–H groups in total. The van der Waals surface area contributed by atoms with Gasteiger partial charge >= 0.3 is 0 Å². The normalized spacial score (nSPS) is 11.8. The molecule has 0 aliphatic rings. The lowest BCUT2D eigenvalue weighted by Gasteiger charge is -2.11. The number of hydrogen-bond acceptors (Lipinski definition) is 5. The molecule has 0 aromatic carbocycles. The van der Waals surface area contributed by atoms with E-state index in [0.717, 1.165) is 50.0 Å². The number of unbranched alkanes of at least 4 members (excludes halogenated alkanes) is 1. The minimum Gasteiger partial charge on any atom is -0.382 e. The number of hydrogen-bond donors (Lipinski definition) is 2. The van der Waals surface area contributed by atoms with E-state index in [-0.39, 0.29) is 0 Å². The largest absolute Gasteiger partial charge is 0.382 e. The summed E-state index contributed by atoms with van der Waals surface area (Å²) in [6, 6.07) is 5.84. The highest BCUT2D eigenvalue weighted by Gasteiger charge is 2.04. The first kappa shape index (κ1) is 19.1. The van der Waals surface area contributed by atoms with Crippen LogP contribution in [0, 0.1) is 0 Å². The van der Waals surface area contributed by atoms with Gasteiger partial charge in [0.1, 0.15) is 6.54 Å². The second-order valence-electron chi connectivity index (χ2n) is 5.48. The van der Waals surface area contributed by atoms with E-state index >= 15 is 0 Å². The van der Waals surface area contributed by atoms with Gasteiger partial charge < -0.3 is 20.1 Å². The van der Waals surface area contributed by atoms with Crippen LogP contribution in [0.25, 0.3) is 5.65 Å². The lowest BCUT2D eigenvalue weighted by Crippen LogP contribution is -2.37. The molecule has 0 atom stereocenters. The summed E-state index contributed by atoms with van der Waals surface area (Å²) >= 11 is 0. The molecule has 0 saturated heterocycles. The molecule has 8 heteroatoms. The van der Waals surface area contributed by atoms with Crippen molar-refractivity contribution in [1.29, 1.82) is 0 Å². The van der Waals surface area contributed by atoms with E-state index in [0.29, 0.717) is 19.8 Å². The Hall–Kier alpha value is -2.19. The van der Waals surface area contributed by atoms with Crippen molar-refractivity contribution in [3.8, 4) is 0 Å². The highest BCUT2D eigenvalue weighted by molar-refractivity contribution is 5.79. The van der Waals surface area contributed by atoms with E-state index in [1.807, 2.05) is 35.7 Å². The molecular weight excluding hydrogens is 320 g/mol. The highest BCUT2D eigenvalue weighted by atomic mass is 16.5. The zero-order valence-electron chi connectivity index (χ0n) is 15.1. The average Bonchev–Trinajstić information content (AvgIpc) is 3.05. The van der Waals surface area contributed by atoms with Crippen molar-refractivity contribution in [1.82, 2.24) is 25.2 Å². The van der Waals surface area contributed by atoms with Crippen LogP contribution in [-0.2, 0) is 16.0 Å². The van der Waals surface area contributed by atoms with Crippen LogP contribution in [0.3, 0.4) is 0 Å². The van der Waals surface area contributed by atoms with E-state index < -0.39 is 0 Å². The van der Waals surface area contributed by atoms with Crippen LogP contribution in [0.1, 0.15) is 25.6 Å². The van der Waals surface area contributed by atoms with Gasteiger partial charge in [-0.05, 0) is 31.9 Å². The van der Waals surface area contributed by atoms with Crippen LogP contribution in [0.4, 0.5) is 0 Å². The maximum atomic E-state index is 5.45. The minimum atomic E-state index is 0.473. The predicted octanol–water partition coefficient (Wildman–Crippen LogP) is 1.23. The Kier molecular flexibility index (Phi) is 8.71. The van der Waals surface area contributed by atoms with Gasteiger partial charge in [-0.3, -0.25) is 4.40 Å². The topological polar surface area (TPSA) is 85.1 Å². The lowest BCUT2D eigenvalue weighted by molar-refractivity contribution is 0.0689. The van der Waals surface area contributed by atoms with Crippen molar-refractivity contribution < 1.29 is 9.47 Å². The van der Waals surface area contributed by atoms with Gasteiger partial charge in [0.15, 0.2) is 17.4 Å². The van der Waals surface area contributed by atoms with E-state index in [1.54, 1.807) is 7.11 Å². The highest BCUT2D eigenvalue weighted by Crippen LogP contribution is 2.03. The van der Waals surface area contributed by atoms with Crippen molar-refractivity contribution in [2.24, 2.45) is 4.99 Å². The predicted molar refractivity (Wildman–Crippen MR) is 97.7 cm³/mol. The summed E-state index contributed by atoms with van der Waals surface area (Å²) in [6.07, 6.45) is 3.97. The first-order valence-corrected chi connectivity index (χ1v) is 8.72. The van der Waals surface area contributed by atoms with Crippen LogP contribution in [0.15, 0.2) is 29.4 Å².